The monoisotopic (exact) mass is 225 g/mol. The number of rotatable bonds is 1. The first kappa shape index (κ1) is 11.2. The maximum atomic E-state index is 5.38. The number of benzene rings is 1. The second-order valence-corrected chi connectivity index (χ2v) is 3.00. The van der Waals surface area contributed by atoms with Gasteiger partial charge in [-0.05, 0) is 17.7 Å². The number of hydrogen-bond acceptors (Lipinski definition) is 1. The Kier molecular flexibility index (Phi) is 6.39. The van der Waals surface area contributed by atoms with Crippen LogP contribution in [-0.4, -0.2) is 0 Å². The third-order valence-corrected chi connectivity index (χ3v) is 1.68. The van der Waals surface area contributed by atoms with Gasteiger partial charge < -0.3 is 5.73 Å². The summed E-state index contributed by atoms with van der Waals surface area (Å²) in [4.78, 5) is 0. The summed E-state index contributed by atoms with van der Waals surface area (Å²) in [5.41, 5.74) is 8.80. The molecule has 0 atom stereocenters. The lowest BCUT2D eigenvalue weighted by atomic mass is 10.2. The zero-order valence-electron chi connectivity index (χ0n) is 6.89. The average Bonchev–Trinajstić information content (AvgIpc) is 2.07. The molecule has 1 rings (SSSR count). The Labute approximate surface area is 81.7 Å². The molecule has 0 aliphatic carbocycles. The van der Waals surface area contributed by atoms with Crippen molar-refractivity contribution in [3.05, 3.63) is 53.2 Å². The van der Waals surface area contributed by atoms with E-state index in [1.165, 1.54) is 5.56 Å². The number of hydrogen-bond donors (Lipinski definition) is 1. The molecule has 2 N–H and O–H groups in total. The van der Waals surface area contributed by atoms with Crippen molar-refractivity contribution >= 4 is 15.9 Å². The Balaban J connectivity index is 0.000000354. The van der Waals surface area contributed by atoms with Gasteiger partial charge in [-0.25, -0.2) is 0 Å². The van der Waals surface area contributed by atoms with Crippen molar-refractivity contribution in [3.8, 4) is 0 Å². The summed E-state index contributed by atoms with van der Waals surface area (Å²) in [5, 5.41) is 0. The van der Waals surface area contributed by atoms with Crippen LogP contribution >= 0.6 is 15.9 Å². The third kappa shape index (κ3) is 4.91. The molecular weight excluding hydrogens is 214 g/mol. The SMILES string of the molecule is C=C=C.NCc1ccc(Br)cc1. The van der Waals surface area contributed by atoms with Gasteiger partial charge in [-0.2, -0.15) is 0 Å². The lowest BCUT2D eigenvalue weighted by Crippen LogP contribution is -1.94. The van der Waals surface area contributed by atoms with Crippen LogP contribution < -0.4 is 5.73 Å². The molecule has 0 spiro atoms. The second-order valence-electron chi connectivity index (χ2n) is 2.08. The molecular formula is C10H12BrN. The lowest BCUT2D eigenvalue weighted by Gasteiger charge is -1.93. The van der Waals surface area contributed by atoms with Crippen molar-refractivity contribution < 1.29 is 0 Å². The molecule has 0 aromatic heterocycles. The van der Waals surface area contributed by atoms with E-state index < -0.39 is 0 Å². The molecule has 0 aliphatic rings. The topological polar surface area (TPSA) is 26.0 Å². The van der Waals surface area contributed by atoms with Gasteiger partial charge in [-0.1, -0.05) is 41.2 Å². The fraction of sp³-hybridized carbons (Fsp3) is 0.100. The number of halogens is 1. The van der Waals surface area contributed by atoms with Crippen molar-refractivity contribution in [1.29, 1.82) is 0 Å². The molecule has 0 bridgehead atoms. The Morgan fingerprint density at radius 1 is 1.25 bits per heavy atom. The fourth-order valence-electron chi connectivity index (χ4n) is 0.620. The molecule has 1 aromatic carbocycles. The maximum Gasteiger partial charge on any atom is 0.0178 e. The summed E-state index contributed by atoms with van der Waals surface area (Å²) in [5.74, 6) is 0. The zero-order chi connectivity index (χ0) is 9.40. The fourth-order valence-corrected chi connectivity index (χ4v) is 0.885. The highest BCUT2D eigenvalue weighted by Gasteiger charge is 1.86. The van der Waals surface area contributed by atoms with Gasteiger partial charge in [0.15, 0.2) is 0 Å². The van der Waals surface area contributed by atoms with Crippen molar-refractivity contribution in [2.45, 2.75) is 6.54 Å². The molecule has 0 radical (unpaired) electrons. The standard InChI is InChI=1S/C7H8BrN.C3H4/c8-7-3-1-6(5-9)2-4-7;1-3-2/h1-4H,5,9H2;1-2H2. The summed E-state index contributed by atoms with van der Waals surface area (Å²) in [6.07, 6.45) is 0. The molecule has 0 heterocycles. The highest BCUT2D eigenvalue weighted by molar-refractivity contribution is 9.10. The Morgan fingerprint density at radius 3 is 2.00 bits per heavy atom. The average molecular weight is 226 g/mol. The first-order valence-corrected chi connectivity index (χ1v) is 4.27. The minimum atomic E-state index is 0.618. The lowest BCUT2D eigenvalue weighted by molar-refractivity contribution is 1.07. The van der Waals surface area contributed by atoms with Crippen LogP contribution in [0.2, 0.25) is 0 Å². The zero-order valence-corrected chi connectivity index (χ0v) is 8.47. The normalized spacial score (nSPS) is 7.83. The summed E-state index contributed by atoms with van der Waals surface area (Å²) in [6.45, 7) is 6.87. The van der Waals surface area contributed by atoms with Crippen LogP contribution in [-0.2, 0) is 6.54 Å². The van der Waals surface area contributed by atoms with E-state index in [0.717, 1.165) is 4.47 Å². The van der Waals surface area contributed by atoms with Gasteiger partial charge in [0.2, 0.25) is 0 Å². The molecule has 1 nitrogen and oxygen atoms in total. The van der Waals surface area contributed by atoms with Gasteiger partial charge in [0.25, 0.3) is 0 Å². The summed E-state index contributed by atoms with van der Waals surface area (Å²) < 4.78 is 1.10. The predicted octanol–water partition coefficient (Wildman–Crippen LogP) is 2.87. The molecule has 2 heteroatoms. The number of nitrogens with two attached hydrogens (primary N) is 1. The van der Waals surface area contributed by atoms with Gasteiger partial charge in [-0.3, -0.25) is 0 Å². The van der Waals surface area contributed by atoms with Gasteiger partial charge >= 0.3 is 0 Å². The van der Waals surface area contributed by atoms with E-state index >= 15 is 0 Å². The van der Waals surface area contributed by atoms with Crippen molar-refractivity contribution in [2.24, 2.45) is 5.73 Å². The first-order valence-electron chi connectivity index (χ1n) is 3.48. The van der Waals surface area contributed by atoms with Crippen LogP contribution in [0.1, 0.15) is 5.56 Å². The van der Waals surface area contributed by atoms with Crippen LogP contribution in [0, 0.1) is 0 Å². The Hall–Kier alpha value is -0.820. The minimum Gasteiger partial charge on any atom is -0.326 e. The molecule has 0 saturated carbocycles. The van der Waals surface area contributed by atoms with Gasteiger partial charge in [-0.15, -0.1) is 5.73 Å². The van der Waals surface area contributed by atoms with E-state index in [4.69, 9.17) is 5.73 Å². The van der Waals surface area contributed by atoms with Crippen molar-refractivity contribution in [3.63, 3.8) is 0 Å². The minimum absolute atomic E-state index is 0.618. The first-order chi connectivity index (χ1) is 5.74. The van der Waals surface area contributed by atoms with Crippen LogP contribution in [0.15, 0.2) is 47.6 Å². The largest absolute Gasteiger partial charge is 0.326 e. The van der Waals surface area contributed by atoms with E-state index in [1.54, 1.807) is 0 Å². The quantitative estimate of drug-likeness (QED) is 0.732. The smallest absolute Gasteiger partial charge is 0.0178 e. The van der Waals surface area contributed by atoms with E-state index in [2.05, 4.69) is 34.8 Å². The molecule has 0 aliphatic heterocycles. The third-order valence-electron chi connectivity index (χ3n) is 1.15. The van der Waals surface area contributed by atoms with E-state index in [1.807, 2.05) is 24.3 Å². The van der Waals surface area contributed by atoms with Gasteiger partial charge in [0.05, 0.1) is 0 Å². The predicted molar refractivity (Wildman–Crippen MR) is 56.8 cm³/mol. The van der Waals surface area contributed by atoms with Crippen LogP contribution in [0.4, 0.5) is 0 Å². The van der Waals surface area contributed by atoms with Crippen LogP contribution in [0.3, 0.4) is 0 Å². The van der Waals surface area contributed by atoms with E-state index in [9.17, 15) is 0 Å². The molecule has 0 saturated heterocycles. The van der Waals surface area contributed by atoms with Crippen LogP contribution in [0.25, 0.3) is 0 Å². The summed E-state index contributed by atoms with van der Waals surface area (Å²) in [6, 6.07) is 7.98. The Bertz CT molecular complexity index is 245. The highest BCUT2D eigenvalue weighted by atomic mass is 79.9. The Morgan fingerprint density at radius 2 is 1.67 bits per heavy atom. The molecule has 0 amide bonds. The molecule has 64 valence electrons. The molecule has 12 heavy (non-hydrogen) atoms. The summed E-state index contributed by atoms with van der Waals surface area (Å²) >= 11 is 3.33. The molecule has 1 aromatic rings. The van der Waals surface area contributed by atoms with Gasteiger partial charge in [0.1, 0.15) is 0 Å². The van der Waals surface area contributed by atoms with E-state index in [-0.39, 0.29) is 0 Å². The van der Waals surface area contributed by atoms with Crippen LogP contribution in [0.5, 0.6) is 0 Å². The second kappa shape index (κ2) is 6.86. The molecule has 0 fully saturated rings. The van der Waals surface area contributed by atoms with E-state index in [0.29, 0.717) is 6.54 Å². The van der Waals surface area contributed by atoms with Crippen molar-refractivity contribution in [1.82, 2.24) is 0 Å². The molecule has 0 unspecified atom stereocenters. The van der Waals surface area contributed by atoms with Crippen molar-refractivity contribution in [2.75, 3.05) is 0 Å². The maximum absolute atomic E-state index is 5.38. The van der Waals surface area contributed by atoms with Gasteiger partial charge in [0, 0.05) is 11.0 Å². The summed E-state index contributed by atoms with van der Waals surface area (Å²) in [7, 11) is 0. The highest BCUT2D eigenvalue weighted by Crippen LogP contribution is 2.09.